The van der Waals surface area contributed by atoms with Gasteiger partial charge in [0, 0.05) is 32.0 Å². The molecule has 0 fully saturated rings. The minimum atomic E-state index is -3.90. The van der Waals surface area contributed by atoms with Gasteiger partial charge in [-0.25, -0.2) is 16.8 Å². The summed E-state index contributed by atoms with van der Waals surface area (Å²) in [5.41, 5.74) is 0.453. The average Bonchev–Trinajstić information content (AvgIpc) is 2.54. The van der Waals surface area contributed by atoms with Crippen LogP contribution in [0.3, 0.4) is 0 Å². The fourth-order valence-corrected chi connectivity index (χ4v) is 3.76. The molecule has 0 radical (unpaired) electrons. The normalized spacial score (nSPS) is 12.0. The largest absolute Gasteiger partial charge is 0.354 e. The van der Waals surface area contributed by atoms with Gasteiger partial charge in [0.15, 0.2) is 9.84 Å². The summed E-state index contributed by atoms with van der Waals surface area (Å²) in [6.07, 6.45) is 0. The van der Waals surface area contributed by atoms with Crippen LogP contribution in [-0.4, -0.2) is 64.6 Å². The summed E-state index contributed by atoms with van der Waals surface area (Å²) in [7, 11) is -5.85. The number of sulfone groups is 1. The van der Waals surface area contributed by atoms with E-state index in [2.05, 4.69) is 10.6 Å². The minimum absolute atomic E-state index is 0.0222. The molecule has 0 heterocycles. The number of likely N-dealkylation sites (N-methyl/N-ethyl adjacent to an activating group) is 1. The lowest BCUT2D eigenvalue weighted by Gasteiger charge is -2.17. The summed E-state index contributed by atoms with van der Waals surface area (Å²) in [4.78, 5) is 22.8. The average molecular weight is 405 g/mol. The molecule has 0 bridgehead atoms. The molecule has 0 saturated carbocycles. The highest BCUT2D eigenvalue weighted by Crippen LogP contribution is 2.17. The Labute approximate surface area is 153 Å². The van der Waals surface area contributed by atoms with E-state index in [0.717, 1.165) is 4.31 Å². The van der Waals surface area contributed by atoms with Gasteiger partial charge in [0.05, 0.1) is 17.2 Å². The molecule has 26 heavy (non-hydrogen) atoms. The van der Waals surface area contributed by atoms with Gasteiger partial charge in [-0.1, -0.05) is 6.92 Å². The van der Waals surface area contributed by atoms with Crippen molar-refractivity contribution in [3.05, 3.63) is 24.3 Å². The van der Waals surface area contributed by atoms with Crippen molar-refractivity contribution < 1.29 is 26.4 Å². The van der Waals surface area contributed by atoms with E-state index in [4.69, 9.17) is 0 Å². The molecule has 0 aliphatic carbocycles. The fourth-order valence-electron chi connectivity index (χ4n) is 1.93. The fraction of sp³-hybridized carbons (Fsp3) is 0.467. The van der Waals surface area contributed by atoms with Gasteiger partial charge >= 0.3 is 0 Å². The van der Waals surface area contributed by atoms with Gasteiger partial charge in [0.25, 0.3) is 0 Å². The number of carbonyl (C=O) groups is 2. The second-order valence-electron chi connectivity index (χ2n) is 5.55. The molecule has 0 aliphatic rings. The third-order valence-corrected chi connectivity index (χ3v) is 6.95. The van der Waals surface area contributed by atoms with Crippen molar-refractivity contribution in [2.45, 2.75) is 18.7 Å². The maximum atomic E-state index is 12.4. The van der Waals surface area contributed by atoms with Crippen molar-refractivity contribution in [2.24, 2.45) is 0 Å². The molecule has 0 aromatic heterocycles. The molecular weight excluding hydrogens is 382 g/mol. The Morgan fingerprint density at radius 3 is 2.15 bits per heavy atom. The van der Waals surface area contributed by atoms with Crippen LogP contribution < -0.4 is 10.6 Å². The highest BCUT2D eigenvalue weighted by Gasteiger charge is 2.23. The molecule has 1 aromatic rings. The first kappa shape index (κ1) is 22.1. The Morgan fingerprint density at radius 2 is 1.65 bits per heavy atom. The zero-order valence-electron chi connectivity index (χ0n) is 14.9. The van der Waals surface area contributed by atoms with Gasteiger partial charge in [-0.15, -0.1) is 0 Å². The van der Waals surface area contributed by atoms with E-state index < -0.39 is 32.3 Å². The van der Waals surface area contributed by atoms with Crippen molar-refractivity contribution in [2.75, 3.05) is 37.0 Å². The molecule has 146 valence electrons. The van der Waals surface area contributed by atoms with E-state index in [0.29, 0.717) is 5.69 Å². The van der Waals surface area contributed by atoms with Crippen molar-refractivity contribution >= 4 is 37.4 Å². The SMILES string of the molecule is CCS(=O)(=O)CCNC(=O)CN(C)S(=O)(=O)c1ccc(NC(C)=O)cc1. The molecule has 0 spiro atoms. The first-order valence-corrected chi connectivity index (χ1v) is 11.0. The predicted octanol–water partition coefficient (Wildman–Crippen LogP) is -0.184. The number of amides is 2. The lowest BCUT2D eigenvalue weighted by atomic mass is 10.3. The Kier molecular flexibility index (Phi) is 7.72. The summed E-state index contributed by atoms with van der Waals surface area (Å²) in [6.45, 7) is 2.33. The Bertz CT molecular complexity index is 848. The van der Waals surface area contributed by atoms with Gasteiger partial charge in [-0.2, -0.15) is 4.31 Å². The van der Waals surface area contributed by atoms with Crippen LogP contribution in [0, 0.1) is 0 Å². The van der Waals surface area contributed by atoms with Crippen molar-refractivity contribution in [1.29, 1.82) is 0 Å². The molecular formula is C15H23N3O6S2. The Morgan fingerprint density at radius 1 is 1.08 bits per heavy atom. The molecule has 0 atom stereocenters. The molecule has 9 nitrogen and oxygen atoms in total. The number of rotatable bonds is 9. The first-order valence-electron chi connectivity index (χ1n) is 7.79. The number of nitrogens with zero attached hydrogens (tertiary/aromatic N) is 1. The van der Waals surface area contributed by atoms with Crippen molar-refractivity contribution in [3.8, 4) is 0 Å². The molecule has 11 heteroatoms. The molecule has 2 amide bonds. The van der Waals surface area contributed by atoms with E-state index >= 15 is 0 Å². The standard InChI is InChI=1S/C15H23N3O6S2/c1-4-25(21,22)10-9-16-15(20)11-18(3)26(23,24)14-7-5-13(6-8-14)17-12(2)19/h5-8H,4,9-11H2,1-3H3,(H,16,20)(H,17,19). The van der Waals surface area contributed by atoms with Gasteiger partial charge in [-0.05, 0) is 24.3 Å². The number of hydrogen-bond donors (Lipinski definition) is 2. The lowest BCUT2D eigenvalue weighted by Crippen LogP contribution is -2.39. The minimum Gasteiger partial charge on any atom is -0.354 e. The van der Waals surface area contributed by atoms with Crippen LogP contribution in [0.2, 0.25) is 0 Å². The lowest BCUT2D eigenvalue weighted by molar-refractivity contribution is -0.121. The molecule has 1 aromatic carbocycles. The smallest absolute Gasteiger partial charge is 0.243 e. The molecule has 0 saturated heterocycles. The maximum absolute atomic E-state index is 12.4. The second-order valence-corrected chi connectivity index (χ2v) is 10.1. The Hall–Kier alpha value is -1.98. The molecule has 1 rings (SSSR count). The first-order chi connectivity index (χ1) is 12.0. The van der Waals surface area contributed by atoms with Gasteiger partial charge < -0.3 is 10.6 Å². The van der Waals surface area contributed by atoms with Gasteiger partial charge in [0.2, 0.25) is 21.8 Å². The third kappa shape index (κ3) is 6.73. The van der Waals surface area contributed by atoms with Crippen molar-refractivity contribution in [1.82, 2.24) is 9.62 Å². The van der Waals surface area contributed by atoms with Gasteiger partial charge in [-0.3, -0.25) is 9.59 Å². The van der Waals surface area contributed by atoms with E-state index in [1.807, 2.05) is 0 Å². The van der Waals surface area contributed by atoms with E-state index in [9.17, 15) is 26.4 Å². The summed E-state index contributed by atoms with van der Waals surface area (Å²) in [5.74, 6) is -1.10. The van der Waals surface area contributed by atoms with Crippen molar-refractivity contribution in [3.63, 3.8) is 0 Å². The van der Waals surface area contributed by atoms with E-state index in [-0.39, 0.29) is 28.9 Å². The topological polar surface area (TPSA) is 130 Å². The van der Waals surface area contributed by atoms with E-state index in [1.165, 1.54) is 45.2 Å². The van der Waals surface area contributed by atoms with Crippen LogP contribution in [0.25, 0.3) is 0 Å². The predicted molar refractivity (Wildman–Crippen MR) is 97.9 cm³/mol. The molecule has 0 aliphatic heterocycles. The van der Waals surface area contributed by atoms with Crippen LogP contribution in [0.5, 0.6) is 0 Å². The molecule has 2 N–H and O–H groups in total. The van der Waals surface area contributed by atoms with E-state index in [1.54, 1.807) is 0 Å². The maximum Gasteiger partial charge on any atom is 0.243 e. The highest BCUT2D eigenvalue weighted by molar-refractivity contribution is 7.91. The van der Waals surface area contributed by atoms with Crippen LogP contribution in [0.4, 0.5) is 5.69 Å². The summed E-state index contributed by atoms with van der Waals surface area (Å²) < 4.78 is 48.5. The van der Waals surface area contributed by atoms with Crippen LogP contribution >= 0.6 is 0 Å². The number of hydrogen-bond acceptors (Lipinski definition) is 6. The highest BCUT2D eigenvalue weighted by atomic mass is 32.2. The van der Waals surface area contributed by atoms with Crippen LogP contribution in [-0.2, 0) is 29.4 Å². The van der Waals surface area contributed by atoms with Crippen LogP contribution in [0.1, 0.15) is 13.8 Å². The summed E-state index contributed by atoms with van der Waals surface area (Å²) in [5, 5.41) is 4.91. The number of sulfonamides is 1. The Balaban J connectivity index is 2.68. The molecule has 0 unspecified atom stereocenters. The van der Waals surface area contributed by atoms with Crippen LogP contribution in [0.15, 0.2) is 29.2 Å². The number of nitrogens with one attached hydrogen (secondary N) is 2. The number of carbonyl (C=O) groups excluding carboxylic acids is 2. The van der Waals surface area contributed by atoms with Gasteiger partial charge in [0.1, 0.15) is 0 Å². The number of anilines is 1. The quantitative estimate of drug-likeness (QED) is 0.586. The zero-order valence-corrected chi connectivity index (χ0v) is 16.5. The third-order valence-electron chi connectivity index (χ3n) is 3.42. The summed E-state index contributed by atoms with van der Waals surface area (Å²) >= 11 is 0. The summed E-state index contributed by atoms with van der Waals surface area (Å²) in [6, 6.07) is 5.53. The monoisotopic (exact) mass is 405 g/mol. The second kappa shape index (κ2) is 9.10. The zero-order chi connectivity index (χ0) is 20.0. The number of benzene rings is 1.